The van der Waals surface area contributed by atoms with Crippen molar-refractivity contribution in [2.45, 2.75) is 45.3 Å². The van der Waals surface area contributed by atoms with E-state index in [1.165, 1.54) is 11.1 Å². The Hall–Kier alpha value is -1.92. The molecule has 2 aliphatic rings. The summed E-state index contributed by atoms with van der Waals surface area (Å²) >= 11 is 6.08. The van der Waals surface area contributed by atoms with Crippen LogP contribution in [0.2, 0.25) is 5.02 Å². The second-order valence-electron chi connectivity index (χ2n) is 9.56. The van der Waals surface area contributed by atoms with Crippen molar-refractivity contribution in [2.75, 3.05) is 45.9 Å². The van der Waals surface area contributed by atoms with E-state index in [2.05, 4.69) is 41.0 Å². The lowest BCUT2D eigenvalue weighted by Crippen LogP contribution is -2.54. The fraction of sp³-hybridized carbons (Fsp3) is 0.536. The van der Waals surface area contributed by atoms with Gasteiger partial charge in [0.2, 0.25) is 5.91 Å². The van der Waals surface area contributed by atoms with Crippen LogP contribution in [0.3, 0.4) is 0 Å². The van der Waals surface area contributed by atoms with Crippen molar-refractivity contribution in [3.8, 4) is 0 Å². The molecule has 1 amide bonds. The van der Waals surface area contributed by atoms with Gasteiger partial charge in [-0.2, -0.15) is 0 Å². The number of hydrogen-bond donors (Lipinski definition) is 0. The van der Waals surface area contributed by atoms with E-state index in [0.717, 1.165) is 70.3 Å². The largest absolute Gasteiger partial charge is 0.379 e. The summed E-state index contributed by atoms with van der Waals surface area (Å²) in [6.45, 7) is 10.2. The Kier molecular flexibility index (Phi) is 9.40. The van der Waals surface area contributed by atoms with Gasteiger partial charge in [0.25, 0.3) is 0 Å². The van der Waals surface area contributed by atoms with Crippen LogP contribution in [0.5, 0.6) is 0 Å². The second-order valence-corrected chi connectivity index (χ2v) is 9.99. The number of carbonyl (C=O) groups is 1. The van der Waals surface area contributed by atoms with Crippen LogP contribution in [-0.2, 0) is 22.6 Å². The number of benzene rings is 2. The maximum absolute atomic E-state index is 13.2. The van der Waals surface area contributed by atoms with Crippen molar-refractivity contribution >= 4 is 17.5 Å². The predicted octanol–water partition coefficient (Wildman–Crippen LogP) is 4.69. The van der Waals surface area contributed by atoms with Gasteiger partial charge in [-0.15, -0.1) is 0 Å². The smallest absolute Gasteiger partial charge is 0.222 e. The summed E-state index contributed by atoms with van der Waals surface area (Å²) in [5, 5.41) is 0.780. The van der Waals surface area contributed by atoms with Gasteiger partial charge >= 0.3 is 0 Å². The zero-order chi connectivity index (χ0) is 23.8. The van der Waals surface area contributed by atoms with Crippen LogP contribution in [0.25, 0.3) is 0 Å². The molecule has 2 atom stereocenters. The van der Waals surface area contributed by atoms with Gasteiger partial charge in [0.05, 0.1) is 13.2 Å². The van der Waals surface area contributed by atoms with Crippen molar-refractivity contribution in [3.05, 3.63) is 70.7 Å². The van der Waals surface area contributed by atoms with Crippen LogP contribution >= 0.6 is 11.6 Å². The summed E-state index contributed by atoms with van der Waals surface area (Å²) in [6.07, 6.45) is 2.69. The molecule has 4 rings (SSSR count). The SMILES string of the molecule is CCN(Cc1ccccc1)C(=O)CC[C@@H]1CN(Cc2ccc(Cl)cc2)CC[C@@H]1N1CCOCC1. The molecule has 184 valence electrons. The van der Waals surface area contributed by atoms with Crippen molar-refractivity contribution < 1.29 is 9.53 Å². The summed E-state index contributed by atoms with van der Waals surface area (Å²) < 4.78 is 5.61. The number of morpholine rings is 1. The molecule has 0 spiro atoms. The topological polar surface area (TPSA) is 36.0 Å². The lowest BCUT2D eigenvalue weighted by atomic mass is 9.86. The van der Waals surface area contributed by atoms with Crippen molar-refractivity contribution in [3.63, 3.8) is 0 Å². The average molecular weight is 484 g/mol. The van der Waals surface area contributed by atoms with Gasteiger partial charge in [0.15, 0.2) is 0 Å². The molecule has 6 heteroatoms. The Labute approximate surface area is 209 Å². The number of halogens is 1. The number of piperidine rings is 1. The maximum atomic E-state index is 13.2. The van der Waals surface area contributed by atoms with Gasteiger partial charge in [-0.05, 0) is 55.5 Å². The zero-order valence-corrected chi connectivity index (χ0v) is 21.1. The van der Waals surface area contributed by atoms with E-state index in [9.17, 15) is 4.79 Å². The molecule has 0 radical (unpaired) electrons. The number of ether oxygens (including phenoxy) is 1. The fourth-order valence-electron chi connectivity index (χ4n) is 5.41. The Bertz CT molecular complexity index is 886. The summed E-state index contributed by atoms with van der Waals surface area (Å²) in [5.41, 5.74) is 2.49. The van der Waals surface area contributed by atoms with Gasteiger partial charge in [0.1, 0.15) is 0 Å². The quantitative estimate of drug-likeness (QED) is 0.518. The van der Waals surface area contributed by atoms with E-state index in [-0.39, 0.29) is 5.91 Å². The van der Waals surface area contributed by atoms with Gasteiger partial charge in [-0.3, -0.25) is 14.6 Å². The molecular weight excluding hydrogens is 446 g/mol. The maximum Gasteiger partial charge on any atom is 0.222 e. The molecule has 0 saturated carbocycles. The molecule has 34 heavy (non-hydrogen) atoms. The third kappa shape index (κ3) is 7.05. The van der Waals surface area contributed by atoms with Gasteiger partial charge in [-0.25, -0.2) is 0 Å². The predicted molar refractivity (Wildman–Crippen MR) is 138 cm³/mol. The minimum atomic E-state index is 0.266. The molecule has 2 aliphatic heterocycles. The monoisotopic (exact) mass is 483 g/mol. The molecule has 2 heterocycles. The first kappa shape index (κ1) is 25.2. The lowest BCUT2D eigenvalue weighted by Gasteiger charge is -2.45. The summed E-state index contributed by atoms with van der Waals surface area (Å²) in [4.78, 5) is 20.3. The molecule has 2 aromatic rings. The van der Waals surface area contributed by atoms with Crippen molar-refractivity contribution in [1.29, 1.82) is 0 Å². The van der Waals surface area contributed by atoms with Gasteiger partial charge in [-0.1, -0.05) is 54.1 Å². The van der Waals surface area contributed by atoms with E-state index < -0.39 is 0 Å². The highest BCUT2D eigenvalue weighted by atomic mass is 35.5. The molecular formula is C28H38ClN3O2. The van der Waals surface area contributed by atoms with Crippen molar-refractivity contribution in [1.82, 2.24) is 14.7 Å². The minimum Gasteiger partial charge on any atom is -0.379 e. The first-order valence-electron chi connectivity index (χ1n) is 12.7. The molecule has 2 fully saturated rings. The molecule has 0 N–H and O–H groups in total. The third-order valence-corrected chi connectivity index (χ3v) is 7.54. The van der Waals surface area contributed by atoms with E-state index in [4.69, 9.17) is 16.3 Å². The Morgan fingerprint density at radius 1 is 1.03 bits per heavy atom. The summed E-state index contributed by atoms with van der Waals surface area (Å²) in [7, 11) is 0. The van der Waals surface area contributed by atoms with Crippen LogP contribution in [0, 0.1) is 5.92 Å². The van der Waals surface area contributed by atoms with Crippen molar-refractivity contribution in [2.24, 2.45) is 5.92 Å². The van der Waals surface area contributed by atoms with Crippen LogP contribution in [0.15, 0.2) is 54.6 Å². The summed E-state index contributed by atoms with van der Waals surface area (Å²) in [5.74, 6) is 0.750. The zero-order valence-electron chi connectivity index (χ0n) is 20.4. The number of amides is 1. The van der Waals surface area contributed by atoms with Crippen LogP contribution < -0.4 is 0 Å². The molecule has 0 bridgehead atoms. The van der Waals surface area contributed by atoms with Gasteiger partial charge < -0.3 is 9.64 Å². The number of nitrogens with zero attached hydrogens (tertiary/aromatic N) is 3. The number of likely N-dealkylation sites (tertiary alicyclic amines) is 1. The van der Waals surface area contributed by atoms with E-state index >= 15 is 0 Å². The lowest BCUT2D eigenvalue weighted by molar-refractivity contribution is -0.132. The Balaban J connectivity index is 1.38. The fourth-order valence-corrected chi connectivity index (χ4v) is 5.53. The third-order valence-electron chi connectivity index (χ3n) is 7.29. The second kappa shape index (κ2) is 12.7. The standard InChI is InChI=1S/C28H38ClN3O2/c1-2-31(21-23-6-4-3-5-7-23)28(33)13-10-25-22-30(20-24-8-11-26(29)12-9-24)15-14-27(25)32-16-18-34-19-17-32/h3-9,11-12,25,27H,2,10,13-22H2,1H3/t25-,27+/m1/s1. The van der Waals surface area contributed by atoms with Crippen LogP contribution in [0.1, 0.15) is 37.3 Å². The molecule has 0 aromatic heterocycles. The molecule has 2 aromatic carbocycles. The highest BCUT2D eigenvalue weighted by molar-refractivity contribution is 6.30. The number of hydrogen-bond acceptors (Lipinski definition) is 4. The molecule has 0 unspecified atom stereocenters. The summed E-state index contributed by atoms with van der Waals surface area (Å²) in [6, 6.07) is 19.0. The first-order chi connectivity index (χ1) is 16.6. The normalized spacial score (nSPS) is 21.9. The highest BCUT2D eigenvalue weighted by Gasteiger charge is 2.34. The Morgan fingerprint density at radius 2 is 1.76 bits per heavy atom. The van der Waals surface area contributed by atoms with Crippen LogP contribution in [0.4, 0.5) is 0 Å². The number of carbonyl (C=O) groups excluding carboxylic acids is 1. The van der Waals surface area contributed by atoms with E-state index in [0.29, 0.717) is 24.9 Å². The highest BCUT2D eigenvalue weighted by Crippen LogP contribution is 2.28. The van der Waals surface area contributed by atoms with Crippen LogP contribution in [-0.4, -0.2) is 72.6 Å². The number of rotatable bonds is 9. The van der Waals surface area contributed by atoms with E-state index in [1.54, 1.807) is 0 Å². The molecule has 0 aliphatic carbocycles. The molecule has 2 saturated heterocycles. The van der Waals surface area contributed by atoms with Gasteiger partial charge in [0, 0.05) is 56.8 Å². The Morgan fingerprint density at radius 3 is 2.47 bits per heavy atom. The first-order valence-corrected chi connectivity index (χ1v) is 13.1. The van der Waals surface area contributed by atoms with E-state index in [1.807, 2.05) is 35.2 Å². The average Bonchev–Trinajstić information content (AvgIpc) is 2.88. The molecule has 5 nitrogen and oxygen atoms in total. The minimum absolute atomic E-state index is 0.266.